The molecule has 0 unspecified atom stereocenters. The second kappa shape index (κ2) is 6.34. The summed E-state index contributed by atoms with van der Waals surface area (Å²) in [5.41, 5.74) is 5.93. The SMILES string of the molecule is CCc1c(NN)ncnc1Nc1ccccc1C(C)C. The van der Waals surface area contributed by atoms with Crippen LogP contribution in [0.1, 0.15) is 37.8 Å². The number of benzene rings is 1. The quantitative estimate of drug-likeness (QED) is 0.575. The first-order valence-corrected chi connectivity index (χ1v) is 6.83. The molecular formula is C15H21N5. The first-order chi connectivity index (χ1) is 9.67. The van der Waals surface area contributed by atoms with Gasteiger partial charge in [-0.2, -0.15) is 0 Å². The normalized spacial score (nSPS) is 10.7. The largest absolute Gasteiger partial charge is 0.340 e. The van der Waals surface area contributed by atoms with Crippen LogP contribution < -0.4 is 16.6 Å². The average molecular weight is 271 g/mol. The number of aromatic nitrogens is 2. The highest BCUT2D eigenvalue weighted by atomic mass is 15.3. The number of rotatable bonds is 5. The summed E-state index contributed by atoms with van der Waals surface area (Å²) in [4.78, 5) is 8.48. The zero-order valence-electron chi connectivity index (χ0n) is 12.1. The van der Waals surface area contributed by atoms with Crippen molar-refractivity contribution < 1.29 is 0 Å². The van der Waals surface area contributed by atoms with Crippen molar-refractivity contribution in [3.05, 3.63) is 41.7 Å². The minimum absolute atomic E-state index is 0.442. The summed E-state index contributed by atoms with van der Waals surface area (Å²) in [6.45, 7) is 6.40. The summed E-state index contributed by atoms with van der Waals surface area (Å²) in [5, 5.41) is 3.40. The van der Waals surface area contributed by atoms with Gasteiger partial charge in [-0.3, -0.25) is 0 Å². The van der Waals surface area contributed by atoms with E-state index in [0.717, 1.165) is 23.5 Å². The van der Waals surface area contributed by atoms with Gasteiger partial charge >= 0.3 is 0 Å². The van der Waals surface area contributed by atoms with Crippen molar-refractivity contribution in [2.45, 2.75) is 33.1 Å². The summed E-state index contributed by atoms with van der Waals surface area (Å²) in [5.74, 6) is 7.40. The molecule has 1 heterocycles. The molecule has 5 nitrogen and oxygen atoms in total. The molecule has 5 heteroatoms. The van der Waals surface area contributed by atoms with Crippen LogP contribution in [-0.4, -0.2) is 9.97 Å². The van der Waals surface area contributed by atoms with Crippen LogP contribution in [0.4, 0.5) is 17.3 Å². The highest BCUT2D eigenvalue weighted by Gasteiger charge is 2.11. The first kappa shape index (κ1) is 14.3. The molecule has 0 spiro atoms. The number of nitrogens with two attached hydrogens (primary N) is 1. The van der Waals surface area contributed by atoms with E-state index in [1.54, 1.807) is 0 Å². The summed E-state index contributed by atoms with van der Waals surface area (Å²) >= 11 is 0. The lowest BCUT2D eigenvalue weighted by atomic mass is 10.0. The molecule has 20 heavy (non-hydrogen) atoms. The van der Waals surface area contributed by atoms with E-state index in [1.807, 2.05) is 12.1 Å². The third kappa shape index (κ3) is 2.88. The van der Waals surface area contributed by atoms with Gasteiger partial charge in [0.15, 0.2) is 0 Å². The Bertz CT molecular complexity index is 580. The highest BCUT2D eigenvalue weighted by molar-refractivity contribution is 5.67. The van der Waals surface area contributed by atoms with Crippen LogP contribution in [-0.2, 0) is 6.42 Å². The van der Waals surface area contributed by atoms with Crippen LogP contribution in [0.15, 0.2) is 30.6 Å². The lowest BCUT2D eigenvalue weighted by Crippen LogP contribution is -2.13. The van der Waals surface area contributed by atoms with E-state index in [9.17, 15) is 0 Å². The molecule has 0 radical (unpaired) electrons. The van der Waals surface area contributed by atoms with E-state index in [4.69, 9.17) is 5.84 Å². The van der Waals surface area contributed by atoms with Gasteiger partial charge in [0.25, 0.3) is 0 Å². The van der Waals surface area contributed by atoms with Gasteiger partial charge in [0, 0.05) is 11.3 Å². The summed E-state index contributed by atoms with van der Waals surface area (Å²) < 4.78 is 0. The third-order valence-electron chi connectivity index (χ3n) is 3.27. The summed E-state index contributed by atoms with van der Waals surface area (Å²) in [6.07, 6.45) is 2.31. The number of nitrogen functional groups attached to an aromatic ring is 1. The topological polar surface area (TPSA) is 75.9 Å². The van der Waals surface area contributed by atoms with Crippen molar-refractivity contribution in [2.75, 3.05) is 10.7 Å². The fourth-order valence-electron chi connectivity index (χ4n) is 2.22. The maximum absolute atomic E-state index is 5.50. The van der Waals surface area contributed by atoms with Crippen LogP contribution in [0.5, 0.6) is 0 Å². The van der Waals surface area contributed by atoms with Gasteiger partial charge in [0.05, 0.1) is 0 Å². The second-order valence-corrected chi connectivity index (χ2v) is 4.91. The summed E-state index contributed by atoms with van der Waals surface area (Å²) in [7, 11) is 0. The molecule has 0 atom stereocenters. The molecule has 0 saturated carbocycles. The van der Waals surface area contributed by atoms with Crippen molar-refractivity contribution in [2.24, 2.45) is 5.84 Å². The number of nitrogens with zero attached hydrogens (tertiary/aromatic N) is 2. The van der Waals surface area contributed by atoms with Gasteiger partial charge in [-0.25, -0.2) is 15.8 Å². The predicted octanol–water partition coefficient (Wildman–Crippen LogP) is 3.19. The Labute approximate surface area is 119 Å². The van der Waals surface area contributed by atoms with E-state index in [2.05, 4.69) is 53.6 Å². The molecule has 0 aliphatic heterocycles. The molecule has 2 rings (SSSR count). The Balaban J connectivity index is 2.40. The number of nitrogens with one attached hydrogen (secondary N) is 2. The molecule has 0 amide bonds. The van der Waals surface area contributed by atoms with Crippen LogP contribution in [0.25, 0.3) is 0 Å². The van der Waals surface area contributed by atoms with E-state index in [1.165, 1.54) is 11.9 Å². The van der Waals surface area contributed by atoms with E-state index in [-0.39, 0.29) is 0 Å². The third-order valence-corrected chi connectivity index (χ3v) is 3.27. The molecule has 0 aliphatic carbocycles. The van der Waals surface area contributed by atoms with Crippen molar-refractivity contribution in [3.63, 3.8) is 0 Å². The van der Waals surface area contributed by atoms with E-state index in [0.29, 0.717) is 11.7 Å². The van der Waals surface area contributed by atoms with Gasteiger partial charge in [-0.05, 0) is 24.0 Å². The molecule has 4 N–H and O–H groups in total. The van der Waals surface area contributed by atoms with Crippen molar-refractivity contribution in [3.8, 4) is 0 Å². The fourth-order valence-corrected chi connectivity index (χ4v) is 2.22. The Morgan fingerprint density at radius 1 is 1.15 bits per heavy atom. The molecule has 0 saturated heterocycles. The van der Waals surface area contributed by atoms with Crippen molar-refractivity contribution in [1.29, 1.82) is 0 Å². The van der Waals surface area contributed by atoms with Crippen LogP contribution in [0.2, 0.25) is 0 Å². The molecule has 1 aromatic carbocycles. The van der Waals surface area contributed by atoms with Crippen molar-refractivity contribution in [1.82, 2.24) is 9.97 Å². The fraction of sp³-hybridized carbons (Fsp3) is 0.333. The maximum Gasteiger partial charge on any atom is 0.148 e. The number of para-hydroxylation sites is 1. The Morgan fingerprint density at radius 2 is 1.85 bits per heavy atom. The van der Waals surface area contributed by atoms with E-state index < -0.39 is 0 Å². The molecule has 106 valence electrons. The van der Waals surface area contributed by atoms with Gasteiger partial charge in [-0.1, -0.05) is 39.0 Å². The monoisotopic (exact) mass is 271 g/mol. The molecule has 2 aromatic rings. The zero-order valence-corrected chi connectivity index (χ0v) is 12.1. The molecule has 0 fully saturated rings. The van der Waals surface area contributed by atoms with Gasteiger partial charge < -0.3 is 10.7 Å². The molecule has 0 aliphatic rings. The highest BCUT2D eigenvalue weighted by Crippen LogP contribution is 2.29. The minimum Gasteiger partial charge on any atom is -0.340 e. The van der Waals surface area contributed by atoms with Gasteiger partial charge in [-0.15, -0.1) is 0 Å². The maximum atomic E-state index is 5.50. The van der Waals surface area contributed by atoms with Crippen molar-refractivity contribution >= 4 is 17.3 Å². The van der Waals surface area contributed by atoms with Gasteiger partial charge in [0.2, 0.25) is 0 Å². The first-order valence-electron chi connectivity index (χ1n) is 6.83. The molecule has 1 aromatic heterocycles. The molecule has 0 bridgehead atoms. The predicted molar refractivity (Wildman–Crippen MR) is 83.0 cm³/mol. The Hall–Kier alpha value is -2.14. The Morgan fingerprint density at radius 3 is 2.50 bits per heavy atom. The lowest BCUT2D eigenvalue weighted by Gasteiger charge is -2.16. The number of hydrogen-bond donors (Lipinski definition) is 3. The van der Waals surface area contributed by atoms with E-state index >= 15 is 0 Å². The molecular weight excluding hydrogens is 250 g/mol. The zero-order chi connectivity index (χ0) is 14.5. The average Bonchev–Trinajstić information content (AvgIpc) is 2.47. The van der Waals surface area contributed by atoms with Gasteiger partial charge in [0.1, 0.15) is 18.0 Å². The summed E-state index contributed by atoms with van der Waals surface area (Å²) in [6, 6.07) is 8.26. The standard InChI is InChI=1S/C15H21N5/c1-4-11-14(17-9-18-15(11)20-16)19-13-8-6-5-7-12(13)10(2)3/h5-10H,4,16H2,1-3H3,(H2,17,18,19,20). The minimum atomic E-state index is 0.442. The number of anilines is 3. The van der Waals surface area contributed by atoms with Crippen LogP contribution in [0.3, 0.4) is 0 Å². The van der Waals surface area contributed by atoms with Crippen LogP contribution in [0, 0.1) is 0 Å². The smallest absolute Gasteiger partial charge is 0.148 e. The second-order valence-electron chi connectivity index (χ2n) is 4.91. The number of hydrazine groups is 1. The number of hydrogen-bond acceptors (Lipinski definition) is 5. The van der Waals surface area contributed by atoms with Crippen LogP contribution >= 0.6 is 0 Å². The lowest BCUT2D eigenvalue weighted by molar-refractivity contribution is 0.868. The Kier molecular flexibility index (Phi) is 4.53.